The fourth-order valence-electron chi connectivity index (χ4n) is 1.73. The van der Waals surface area contributed by atoms with E-state index in [9.17, 15) is 13.2 Å². The molecule has 1 aliphatic rings. The van der Waals surface area contributed by atoms with Gasteiger partial charge in [0.25, 0.3) is 0 Å². The van der Waals surface area contributed by atoms with Gasteiger partial charge in [0.1, 0.15) is 0 Å². The molecule has 2 rings (SSSR count). The highest BCUT2D eigenvalue weighted by molar-refractivity contribution is 6.30. The normalized spacial score (nSPS) is 17.2. The van der Waals surface area contributed by atoms with Gasteiger partial charge in [0.05, 0.1) is 5.56 Å². The summed E-state index contributed by atoms with van der Waals surface area (Å²) in [7, 11) is 0. The average molecular weight is 250 g/mol. The van der Waals surface area contributed by atoms with Crippen LogP contribution in [-0.4, -0.2) is 18.0 Å². The van der Waals surface area contributed by atoms with E-state index in [4.69, 9.17) is 11.6 Å². The number of nitrogens with zero attached hydrogens (tertiary/aromatic N) is 1. The van der Waals surface area contributed by atoms with Crippen LogP contribution in [0.3, 0.4) is 0 Å². The Labute approximate surface area is 96.8 Å². The summed E-state index contributed by atoms with van der Waals surface area (Å²) in [6.07, 6.45) is -3.26. The molecule has 1 nitrogen and oxygen atoms in total. The first-order valence-electron chi connectivity index (χ1n) is 5.05. The Morgan fingerprint density at radius 3 is 2.44 bits per heavy atom. The Kier molecular flexibility index (Phi) is 3.13. The maximum absolute atomic E-state index is 12.7. The molecule has 0 amide bonds. The van der Waals surface area contributed by atoms with E-state index in [1.165, 1.54) is 12.1 Å². The molecule has 1 saturated heterocycles. The second-order valence-corrected chi connectivity index (χ2v) is 4.37. The highest BCUT2D eigenvalue weighted by Gasteiger charge is 2.34. The van der Waals surface area contributed by atoms with Crippen LogP contribution in [0, 0.1) is 0 Å². The van der Waals surface area contributed by atoms with Crippen molar-refractivity contribution in [3.05, 3.63) is 34.3 Å². The quantitative estimate of drug-likeness (QED) is 0.775. The van der Waals surface area contributed by atoms with Gasteiger partial charge in [0.2, 0.25) is 0 Å². The van der Waals surface area contributed by atoms with E-state index >= 15 is 0 Å². The minimum absolute atomic E-state index is 0.125. The maximum Gasteiger partial charge on any atom is 0.416 e. The molecule has 1 fully saturated rings. The third-order valence-corrected chi connectivity index (χ3v) is 2.96. The van der Waals surface area contributed by atoms with Crippen LogP contribution in [0.1, 0.15) is 17.5 Å². The van der Waals surface area contributed by atoms with Crippen molar-refractivity contribution in [2.24, 2.45) is 0 Å². The molecule has 0 radical (unpaired) electrons. The molecule has 0 N–H and O–H groups in total. The van der Waals surface area contributed by atoms with Gasteiger partial charge in [-0.25, -0.2) is 0 Å². The van der Waals surface area contributed by atoms with Crippen molar-refractivity contribution in [1.29, 1.82) is 0 Å². The first-order chi connectivity index (χ1) is 7.47. The molecule has 0 saturated carbocycles. The summed E-state index contributed by atoms with van der Waals surface area (Å²) in [5.41, 5.74) is -0.316. The van der Waals surface area contributed by atoms with Gasteiger partial charge < -0.3 is 0 Å². The van der Waals surface area contributed by atoms with Gasteiger partial charge in [0.15, 0.2) is 0 Å². The van der Waals surface area contributed by atoms with Gasteiger partial charge in [-0.05, 0) is 37.2 Å². The van der Waals surface area contributed by atoms with Crippen molar-refractivity contribution >= 4 is 11.6 Å². The Balaban J connectivity index is 2.28. The summed E-state index contributed by atoms with van der Waals surface area (Å²) in [4.78, 5) is 1.98. The van der Waals surface area contributed by atoms with E-state index in [-0.39, 0.29) is 5.02 Å². The third-order valence-electron chi connectivity index (χ3n) is 2.72. The second kappa shape index (κ2) is 4.26. The summed E-state index contributed by atoms with van der Waals surface area (Å²) in [5.74, 6) is 0. The first-order valence-corrected chi connectivity index (χ1v) is 5.42. The summed E-state index contributed by atoms with van der Waals surface area (Å²) >= 11 is 5.59. The molecular weight excluding hydrogens is 239 g/mol. The van der Waals surface area contributed by atoms with E-state index in [2.05, 4.69) is 0 Å². The molecule has 1 heterocycles. The number of likely N-dealkylation sites (tertiary alicyclic amines) is 1. The third kappa shape index (κ3) is 2.50. The fraction of sp³-hybridized carbons (Fsp3) is 0.455. The zero-order valence-electron chi connectivity index (χ0n) is 8.52. The van der Waals surface area contributed by atoms with Crippen LogP contribution >= 0.6 is 11.6 Å². The predicted molar refractivity (Wildman–Crippen MR) is 56.3 cm³/mol. The van der Waals surface area contributed by atoms with Crippen LogP contribution in [0.15, 0.2) is 18.2 Å². The molecule has 0 aliphatic carbocycles. The monoisotopic (exact) mass is 249 g/mol. The van der Waals surface area contributed by atoms with E-state index in [1.807, 2.05) is 4.90 Å². The lowest BCUT2D eigenvalue weighted by Gasteiger charge is -2.31. The molecule has 0 bridgehead atoms. The van der Waals surface area contributed by atoms with Crippen LogP contribution in [0.25, 0.3) is 0 Å². The SMILES string of the molecule is FC(F)(F)c1cc(Cl)ccc1CN1CCC1. The Bertz CT molecular complexity index is 385. The van der Waals surface area contributed by atoms with E-state index in [0.29, 0.717) is 12.1 Å². The van der Waals surface area contributed by atoms with E-state index in [0.717, 1.165) is 25.6 Å². The zero-order chi connectivity index (χ0) is 11.8. The van der Waals surface area contributed by atoms with E-state index < -0.39 is 11.7 Å². The Hall–Kier alpha value is -0.740. The molecule has 1 aliphatic heterocycles. The summed E-state index contributed by atoms with van der Waals surface area (Å²) in [5, 5.41) is 0.125. The molecule has 16 heavy (non-hydrogen) atoms. The molecule has 0 atom stereocenters. The van der Waals surface area contributed by atoms with Crippen LogP contribution in [0.4, 0.5) is 13.2 Å². The van der Waals surface area contributed by atoms with Crippen molar-refractivity contribution in [2.75, 3.05) is 13.1 Å². The van der Waals surface area contributed by atoms with Gasteiger partial charge >= 0.3 is 6.18 Å². The molecule has 5 heteroatoms. The van der Waals surface area contributed by atoms with Gasteiger partial charge in [0, 0.05) is 11.6 Å². The number of rotatable bonds is 2. The summed E-state index contributed by atoms with van der Waals surface area (Å²) in [6, 6.07) is 3.96. The predicted octanol–water partition coefficient (Wildman–Crippen LogP) is 3.56. The highest BCUT2D eigenvalue weighted by atomic mass is 35.5. The number of halogens is 4. The Morgan fingerprint density at radius 2 is 1.94 bits per heavy atom. The lowest BCUT2D eigenvalue weighted by atomic mass is 10.0. The number of benzene rings is 1. The van der Waals surface area contributed by atoms with Crippen molar-refractivity contribution in [2.45, 2.75) is 19.1 Å². The summed E-state index contributed by atoms with van der Waals surface area (Å²) in [6.45, 7) is 2.10. The molecular formula is C11H11ClF3N. The smallest absolute Gasteiger partial charge is 0.299 e. The number of alkyl halides is 3. The standard InChI is InChI=1S/C11H11ClF3N/c12-9-3-2-8(7-16-4-1-5-16)10(6-9)11(13,14)15/h2-3,6H,1,4-5,7H2. The molecule has 88 valence electrons. The van der Waals surface area contributed by atoms with Crippen LogP contribution < -0.4 is 0 Å². The van der Waals surface area contributed by atoms with Crippen LogP contribution in [0.2, 0.25) is 5.02 Å². The average Bonchev–Trinajstić information content (AvgIpc) is 2.11. The molecule has 1 aromatic rings. The van der Waals surface area contributed by atoms with E-state index in [1.54, 1.807) is 0 Å². The fourth-order valence-corrected chi connectivity index (χ4v) is 1.90. The lowest BCUT2D eigenvalue weighted by molar-refractivity contribution is -0.138. The van der Waals surface area contributed by atoms with Gasteiger partial charge in [-0.2, -0.15) is 13.2 Å². The van der Waals surface area contributed by atoms with Gasteiger partial charge in [-0.15, -0.1) is 0 Å². The first kappa shape index (κ1) is 11.7. The van der Waals surface area contributed by atoms with Gasteiger partial charge in [-0.1, -0.05) is 17.7 Å². The van der Waals surface area contributed by atoms with Crippen molar-refractivity contribution < 1.29 is 13.2 Å². The number of hydrogen-bond acceptors (Lipinski definition) is 1. The van der Waals surface area contributed by atoms with Crippen molar-refractivity contribution in [3.8, 4) is 0 Å². The topological polar surface area (TPSA) is 3.24 Å². The zero-order valence-corrected chi connectivity index (χ0v) is 9.28. The lowest BCUT2D eigenvalue weighted by Crippen LogP contribution is -2.36. The second-order valence-electron chi connectivity index (χ2n) is 3.93. The minimum Gasteiger partial charge on any atom is -0.299 e. The largest absolute Gasteiger partial charge is 0.416 e. The molecule has 0 aromatic heterocycles. The summed E-state index contributed by atoms with van der Waals surface area (Å²) < 4.78 is 38.2. The minimum atomic E-state index is -4.33. The molecule has 0 spiro atoms. The van der Waals surface area contributed by atoms with Crippen molar-refractivity contribution in [1.82, 2.24) is 4.90 Å². The number of hydrogen-bond donors (Lipinski definition) is 0. The highest BCUT2D eigenvalue weighted by Crippen LogP contribution is 2.34. The maximum atomic E-state index is 12.7. The van der Waals surface area contributed by atoms with Crippen LogP contribution in [-0.2, 0) is 12.7 Å². The van der Waals surface area contributed by atoms with Crippen molar-refractivity contribution in [3.63, 3.8) is 0 Å². The molecule has 1 aromatic carbocycles. The Morgan fingerprint density at radius 1 is 1.25 bits per heavy atom. The van der Waals surface area contributed by atoms with Crippen LogP contribution in [0.5, 0.6) is 0 Å². The molecule has 0 unspecified atom stereocenters. The van der Waals surface area contributed by atoms with Gasteiger partial charge in [-0.3, -0.25) is 4.90 Å².